The highest BCUT2D eigenvalue weighted by atomic mass is 14.1. The van der Waals surface area contributed by atoms with Gasteiger partial charge in [0.05, 0.1) is 0 Å². The molecule has 0 saturated carbocycles. The summed E-state index contributed by atoms with van der Waals surface area (Å²) in [6.45, 7) is 34.7. The van der Waals surface area contributed by atoms with Crippen LogP contribution in [0.15, 0.2) is 97.1 Å². The number of benzene rings is 7. The fourth-order valence-electron chi connectivity index (χ4n) is 7.22. The maximum absolute atomic E-state index is 2.30. The van der Waals surface area contributed by atoms with Gasteiger partial charge in [-0.15, -0.1) is 0 Å². The quantitative estimate of drug-likeness (QED) is 0.166. The van der Waals surface area contributed by atoms with Gasteiger partial charge in [0.1, 0.15) is 0 Å². The molecule has 7 rings (SSSR count). The Bertz CT molecular complexity index is 2170. The molecule has 286 valence electrons. The first kappa shape index (κ1) is 42.8. The fourth-order valence-corrected chi connectivity index (χ4v) is 7.22. The summed E-state index contributed by atoms with van der Waals surface area (Å²) in [7, 11) is 0. The van der Waals surface area contributed by atoms with Crippen molar-refractivity contribution in [3.8, 4) is 0 Å². The Morgan fingerprint density at radius 3 is 0.691 bits per heavy atom. The van der Waals surface area contributed by atoms with E-state index in [0.29, 0.717) is 0 Å². The van der Waals surface area contributed by atoms with Crippen LogP contribution < -0.4 is 0 Å². The summed E-state index contributed by atoms with van der Waals surface area (Å²) in [5.41, 5.74) is 24.9. The van der Waals surface area contributed by atoms with E-state index >= 15 is 0 Å². The van der Waals surface area contributed by atoms with Crippen LogP contribution in [0.3, 0.4) is 0 Å². The highest BCUT2D eigenvalue weighted by Gasteiger charge is 2.06. The predicted molar refractivity (Wildman–Crippen MR) is 246 cm³/mol. The van der Waals surface area contributed by atoms with Crippen molar-refractivity contribution in [2.24, 2.45) is 0 Å². The van der Waals surface area contributed by atoms with Crippen LogP contribution >= 0.6 is 0 Å². The Morgan fingerprint density at radius 1 is 0.218 bits per heavy atom. The first-order valence-electron chi connectivity index (χ1n) is 20.0. The molecule has 0 aliphatic carbocycles. The largest absolute Gasteiger partial charge is 0.0588 e. The molecule has 7 aromatic carbocycles. The smallest absolute Gasteiger partial charge is 0.00256 e. The SMILES string of the molecule is Cc1cc(C)c(C)cc1C.Cc1cc2cc(C)c(C)cc2cc1C.Cc1ccc(C)c2c(C)ccc(C)c12.Cc1ccc(Cc2ccc(C)c(C)c2)cc1C. The van der Waals surface area contributed by atoms with Crippen LogP contribution in [0.25, 0.3) is 21.5 Å². The van der Waals surface area contributed by atoms with Crippen LogP contribution in [-0.4, -0.2) is 0 Å². The van der Waals surface area contributed by atoms with Gasteiger partial charge in [0.2, 0.25) is 0 Å². The Labute approximate surface area is 334 Å². The van der Waals surface area contributed by atoms with Crippen LogP contribution in [0, 0.1) is 111 Å². The zero-order valence-electron chi connectivity index (χ0n) is 36.9. The van der Waals surface area contributed by atoms with Crippen molar-refractivity contribution in [2.45, 2.75) is 117 Å². The molecule has 0 unspecified atom stereocenters. The second-order valence-electron chi connectivity index (χ2n) is 16.4. The van der Waals surface area contributed by atoms with Crippen LogP contribution in [0.2, 0.25) is 0 Å². The second kappa shape index (κ2) is 18.6. The van der Waals surface area contributed by atoms with E-state index in [0.717, 1.165) is 6.42 Å². The summed E-state index contributed by atoms with van der Waals surface area (Å²) in [6.07, 6.45) is 1.03. The van der Waals surface area contributed by atoms with Gasteiger partial charge in [-0.2, -0.15) is 0 Å². The number of aryl methyl sites for hydroxylation is 16. The van der Waals surface area contributed by atoms with E-state index < -0.39 is 0 Å². The number of hydrogen-bond acceptors (Lipinski definition) is 0. The highest BCUT2D eigenvalue weighted by Crippen LogP contribution is 2.28. The van der Waals surface area contributed by atoms with E-state index in [-0.39, 0.29) is 0 Å². The maximum Gasteiger partial charge on any atom is -0.00256 e. The van der Waals surface area contributed by atoms with Crippen molar-refractivity contribution in [1.29, 1.82) is 0 Å². The predicted octanol–water partition coefficient (Wildman–Crippen LogP) is 15.6. The van der Waals surface area contributed by atoms with E-state index in [1.165, 1.54) is 122 Å². The minimum Gasteiger partial charge on any atom is -0.0588 e. The third-order valence-electron chi connectivity index (χ3n) is 11.7. The molecule has 0 radical (unpaired) electrons. The van der Waals surface area contributed by atoms with Gasteiger partial charge in [-0.25, -0.2) is 0 Å². The van der Waals surface area contributed by atoms with Gasteiger partial charge >= 0.3 is 0 Å². The first-order valence-corrected chi connectivity index (χ1v) is 20.0. The zero-order valence-corrected chi connectivity index (χ0v) is 36.9. The molecule has 0 saturated heterocycles. The van der Waals surface area contributed by atoms with Crippen molar-refractivity contribution in [3.63, 3.8) is 0 Å². The van der Waals surface area contributed by atoms with Crippen LogP contribution in [0.4, 0.5) is 0 Å². The maximum atomic E-state index is 2.30. The van der Waals surface area contributed by atoms with Crippen LogP contribution in [-0.2, 0) is 6.42 Å². The summed E-state index contributed by atoms with van der Waals surface area (Å²) in [4.78, 5) is 0. The number of hydrogen-bond donors (Lipinski definition) is 0. The monoisotopic (exact) mass is 727 g/mol. The first-order chi connectivity index (χ1) is 25.9. The fraction of sp³-hybridized carbons (Fsp3) is 0.309. The lowest BCUT2D eigenvalue weighted by atomic mass is 9.94. The van der Waals surface area contributed by atoms with Gasteiger partial charge in [-0.3, -0.25) is 0 Å². The van der Waals surface area contributed by atoms with Gasteiger partial charge in [0.15, 0.2) is 0 Å². The van der Waals surface area contributed by atoms with E-state index in [1.807, 2.05) is 0 Å². The normalized spacial score (nSPS) is 10.6. The van der Waals surface area contributed by atoms with Crippen molar-refractivity contribution < 1.29 is 0 Å². The summed E-state index contributed by atoms with van der Waals surface area (Å²) < 4.78 is 0. The van der Waals surface area contributed by atoms with Gasteiger partial charge < -0.3 is 0 Å². The molecular formula is C55H66. The van der Waals surface area contributed by atoms with E-state index in [1.54, 1.807) is 0 Å². The van der Waals surface area contributed by atoms with Crippen molar-refractivity contribution in [1.82, 2.24) is 0 Å². The molecule has 0 amide bonds. The highest BCUT2D eigenvalue weighted by molar-refractivity contribution is 5.93. The molecule has 0 spiro atoms. The third-order valence-corrected chi connectivity index (χ3v) is 11.7. The molecule has 0 heterocycles. The molecule has 7 aromatic rings. The van der Waals surface area contributed by atoms with Crippen molar-refractivity contribution in [2.75, 3.05) is 0 Å². The molecule has 0 bridgehead atoms. The average molecular weight is 727 g/mol. The van der Waals surface area contributed by atoms with E-state index in [4.69, 9.17) is 0 Å². The Hall–Kier alpha value is -4.94. The number of rotatable bonds is 2. The molecule has 0 aliphatic heterocycles. The van der Waals surface area contributed by atoms with Crippen molar-refractivity contribution in [3.05, 3.63) is 197 Å². The standard InChI is InChI=1S/C17H20.2C14H16.C10H14/c1-12-5-7-16(9-14(12)3)11-17-8-6-13(2)15(4)10-17;1-9-5-13-7-11(3)12(4)8-14(13)6-10(9)2;1-9-5-6-11(3)14-12(4)8-7-10(2)13(9)14;1-7-5-9(3)10(4)6-8(7)2/h5-10H,11H2,1-4H3;2*5-8H,1-4H3;5-6H,1-4H3. The lowest BCUT2D eigenvalue weighted by Gasteiger charge is -2.11. The summed E-state index contributed by atoms with van der Waals surface area (Å²) in [5, 5.41) is 5.59. The summed E-state index contributed by atoms with van der Waals surface area (Å²) >= 11 is 0. The molecule has 0 atom stereocenters. The molecule has 0 heteroatoms. The summed E-state index contributed by atoms with van der Waals surface area (Å²) in [5.74, 6) is 0. The molecule has 0 nitrogen and oxygen atoms in total. The average Bonchev–Trinajstić information content (AvgIpc) is 3.12. The lowest BCUT2D eigenvalue weighted by molar-refractivity contribution is 1.15. The Morgan fingerprint density at radius 2 is 0.436 bits per heavy atom. The molecule has 0 aliphatic rings. The number of fused-ring (bicyclic) bond motifs is 2. The minimum absolute atomic E-state index is 1.03. The molecule has 0 fully saturated rings. The van der Waals surface area contributed by atoms with E-state index in [9.17, 15) is 0 Å². The van der Waals surface area contributed by atoms with E-state index in [2.05, 4.69) is 208 Å². The lowest BCUT2D eigenvalue weighted by Crippen LogP contribution is -1.92. The van der Waals surface area contributed by atoms with Gasteiger partial charge in [-0.05, 0) is 239 Å². The minimum atomic E-state index is 1.03. The molecular weight excluding hydrogens is 661 g/mol. The van der Waals surface area contributed by atoms with Crippen LogP contribution in [0.5, 0.6) is 0 Å². The third kappa shape index (κ3) is 11.1. The molecule has 55 heavy (non-hydrogen) atoms. The van der Waals surface area contributed by atoms with Gasteiger partial charge in [0.25, 0.3) is 0 Å². The van der Waals surface area contributed by atoms with Gasteiger partial charge in [0, 0.05) is 0 Å². The second-order valence-corrected chi connectivity index (χ2v) is 16.4. The van der Waals surface area contributed by atoms with Crippen molar-refractivity contribution >= 4 is 21.5 Å². The summed E-state index contributed by atoms with van der Waals surface area (Å²) in [6, 6.07) is 35.9. The zero-order chi connectivity index (χ0) is 40.7. The Balaban J connectivity index is 0.000000166. The van der Waals surface area contributed by atoms with Gasteiger partial charge in [-0.1, -0.05) is 97.1 Å². The molecule has 0 N–H and O–H groups in total. The Kier molecular flexibility index (Phi) is 14.5. The van der Waals surface area contributed by atoms with Crippen LogP contribution in [0.1, 0.15) is 100 Å². The molecule has 0 aromatic heterocycles. The topological polar surface area (TPSA) is 0 Å².